The minimum absolute atomic E-state index is 0.00484. The van der Waals surface area contributed by atoms with E-state index in [0.29, 0.717) is 6.42 Å². The van der Waals surface area contributed by atoms with Crippen molar-refractivity contribution >= 4 is 5.97 Å². The zero-order valence-corrected chi connectivity index (χ0v) is 10.1. The number of aliphatic hydroxyl groups excluding tert-OH is 1. The van der Waals surface area contributed by atoms with Crippen molar-refractivity contribution in [2.45, 2.75) is 51.5 Å². The number of aliphatic hydroxyl groups is 1. The van der Waals surface area contributed by atoms with Gasteiger partial charge in [0.25, 0.3) is 0 Å². The predicted molar refractivity (Wildman–Crippen MR) is 58.7 cm³/mol. The largest absolute Gasteiger partial charge is 0.458 e. The molecule has 3 N–H and O–H groups in total. The van der Waals surface area contributed by atoms with E-state index in [4.69, 9.17) is 20.3 Å². The van der Waals surface area contributed by atoms with Crippen LogP contribution in [0.4, 0.5) is 0 Å². The molecular formula is C11H21NO4. The van der Waals surface area contributed by atoms with Crippen molar-refractivity contribution in [2.24, 2.45) is 11.7 Å². The molecule has 1 aliphatic heterocycles. The van der Waals surface area contributed by atoms with Crippen LogP contribution in [0, 0.1) is 5.92 Å². The maximum absolute atomic E-state index is 11.6. The topological polar surface area (TPSA) is 81.8 Å². The number of nitrogens with two attached hydrogens (primary N) is 1. The smallest absolute Gasteiger partial charge is 0.323 e. The molecule has 0 aromatic rings. The first-order chi connectivity index (χ1) is 7.45. The Kier molecular flexibility index (Phi) is 4.70. The van der Waals surface area contributed by atoms with E-state index in [2.05, 4.69) is 0 Å². The number of ether oxygens (including phenoxy) is 2. The molecule has 0 radical (unpaired) electrons. The van der Waals surface area contributed by atoms with Crippen molar-refractivity contribution in [1.29, 1.82) is 0 Å². The number of esters is 1. The summed E-state index contributed by atoms with van der Waals surface area (Å²) in [7, 11) is 0. The van der Waals surface area contributed by atoms with Gasteiger partial charge in [-0.1, -0.05) is 13.8 Å². The summed E-state index contributed by atoms with van der Waals surface area (Å²) in [6.45, 7) is 5.48. The van der Waals surface area contributed by atoms with Gasteiger partial charge in [-0.15, -0.1) is 0 Å². The van der Waals surface area contributed by atoms with Crippen LogP contribution in [0.3, 0.4) is 0 Å². The summed E-state index contributed by atoms with van der Waals surface area (Å²) in [5, 5.41) is 9.07. The van der Waals surface area contributed by atoms with E-state index >= 15 is 0 Å². The van der Waals surface area contributed by atoms with Crippen molar-refractivity contribution in [3.8, 4) is 0 Å². The van der Waals surface area contributed by atoms with E-state index < -0.39 is 18.1 Å². The van der Waals surface area contributed by atoms with E-state index in [1.165, 1.54) is 0 Å². The molecule has 1 saturated heterocycles. The number of carbonyl (C=O) groups is 1. The molecule has 0 aliphatic carbocycles. The van der Waals surface area contributed by atoms with Crippen molar-refractivity contribution in [3.63, 3.8) is 0 Å². The van der Waals surface area contributed by atoms with Gasteiger partial charge < -0.3 is 20.3 Å². The highest BCUT2D eigenvalue weighted by molar-refractivity contribution is 5.76. The predicted octanol–water partition coefficient (Wildman–Crippen LogP) is 0.0512. The molecule has 0 saturated carbocycles. The van der Waals surface area contributed by atoms with Gasteiger partial charge in [-0.3, -0.25) is 4.79 Å². The van der Waals surface area contributed by atoms with Gasteiger partial charge in [0.2, 0.25) is 0 Å². The van der Waals surface area contributed by atoms with Gasteiger partial charge in [-0.05, 0) is 12.8 Å². The molecule has 94 valence electrons. The summed E-state index contributed by atoms with van der Waals surface area (Å²) in [6.07, 6.45) is -0.178. The summed E-state index contributed by atoms with van der Waals surface area (Å²) in [6, 6.07) is -0.616. The van der Waals surface area contributed by atoms with Crippen LogP contribution in [0.5, 0.6) is 0 Å². The Labute approximate surface area is 95.9 Å². The van der Waals surface area contributed by atoms with Crippen LogP contribution in [0.25, 0.3) is 0 Å². The molecule has 4 atom stereocenters. The third-order valence-electron chi connectivity index (χ3n) is 2.82. The number of carbonyl (C=O) groups excluding carboxylic acids is 1. The second-order valence-electron chi connectivity index (χ2n) is 4.65. The molecule has 1 fully saturated rings. The second kappa shape index (κ2) is 5.61. The van der Waals surface area contributed by atoms with Crippen LogP contribution in [0.1, 0.15) is 27.2 Å². The fourth-order valence-electron chi connectivity index (χ4n) is 1.71. The highest BCUT2D eigenvalue weighted by atomic mass is 16.6. The van der Waals surface area contributed by atoms with Gasteiger partial charge in [0.15, 0.2) is 0 Å². The Morgan fingerprint density at radius 3 is 2.75 bits per heavy atom. The third kappa shape index (κ3) is 3.17. The van der Waals surface area contributed by atoms with Gasteiger partial charge in [-0.2, -0.15) is 0 Å². The van der Waals surface area contributed by atoms with Crippen LogP contribution < -0.4 is 5.73 Å². The summed E-state index contributed by atoms with van der Waals surface area (Å²) in [5.74, 6) is -0.379. The first-order valence-electron chi connectivity index (χ1n) is 5.68. The minimum Gasteiger partial charge on any atom is -0.458 e. The van der Waals surface area contributed by atoms with Crippen molar-refractivity contribution in [1.82, 2.24) is 0 Å². The molecule has 0 aromatic heterocycles. The maximum atomic E-state index is 11.6. The maximum Gasteiger partial charge on any atom is 0.323 e. The van der Waals surface area contributed by atoms with Crippen molar-refractivity contribution in [2.75, 3.05) is 6.61 Å². The molecule has 16 heavy (non-hydrogen) atoms. The van der Waals surface area contributed by atoms with Crippen molar-refractivity contribution < 1.29 is 19.4 Å². The average molecular weight is 231 g/mol. The molecule has 5 nitrogen and oxygen atoms in total. The van der Waals surface area contributed by atoms with E-state index in [9.17, 15) is 4.79 Å². The van der Waals surface area contributed by atoms with E-state index in [-0.39, 0.29) is 24.7 Å². The van der Waals surface area contributed by atoms with Gasteiger partial charge in [-0.25, -0.2) is 0 Å². The summed E-state index contributed by atoms with van der Waals surface area (Å²) in [4.78, 5) is 11.6. The van der Waals surface area contributed by atoms with E-state index in [0.717, 1.165) is 0 Å². The molecule has 0 amide bonds. The number of hydrogen-bond donors (Lipinski definition) is 2. The highest BCUT2D eigenvalue weighted by Crippen LogP contribution is 2.23. The van der Waals surface area contributed by atoms with E-state index in [1.54, 1.807) is 0 Å². The minimum atomic E-state index is -0.616. The first-order valence-corrected chi connectivity index (χ1v) is 5.68. The number of rotatable bonds is 4. The van der Waals surface area contributed by atoms with Crippen LogP contribution in [0.2, 0.25) is 0 Å². The summed E-state index contributed by atoms with van der Waals surface area (Å²) >= 11 is 0. The lowest BCUT2D eigenvalue weighted by molar-refractivity contribution is -0.155. The zero-order chi connectivity index (χ0) is 12.3. The van der Waals surface area contributed by atoms with Gasteiger partial charge in [0, 0.05) is 6.42 Å². The van der Waals surface area contributed by atoms with Crippen LogP contribution >= 0.6 is 0 Å². The third-order valence-corrected chi connectivity index (χ3v) is 2.82. The monoisotopic (exact) mass is 231 g/mol. The molecule has 1 rings (SSSR count). The lowest BCUT2D eigenvalue weighted by atomic mass is 10.1. The van der Waals surface area contributed by atoms with Gasteiger partial charge >= 0.3 is 5.97 Å². The fraction of sp³-hybridized carbons (Fsp3) is 0.909. The molecule has 0 bridgehead atoms. The standard InChI is InChI=1S/C11H21NO4/c1-6(2)10(12)11(14)16-8-4-7(3)15-9(8)5-13/h6-10,13H,4-5,12H2,1-3H3/t7-,8?,9+,10?/m0/s1. The molecule has 1 aliphatic rings. The van der Waals surface area contributed by atoms with Gasteiger partial charge in [0.1, 0.15) is 18.2 Å². The zero-order valence-electron chi connectivity index (χ0n) is 10.1. The van der Waals surface area contributed by atoms with E-state index in [1.807, 2.05) is 20.8 Å². The SMILES string of the molecule is CC(C)C(N)C(=O)OC1C[C@H](C)O[C@@H]1CO. The quantitative estimate of drug-likeness (QED) is 0.668. The Bertz CT molecular complexity index is 244. The van der Waals surface area contributed by atoms with Gasteiger partial charge in [0.05, 0.1) is 12.7 Å². The normalized spacial score (nSPS) is 31.8. The Balaban J connectivity index is 2.50. The fourth-order valence-corrected chi connectivity index (χ4v) is 1.71. The molecule has 0 aromatic carbocycles. The van der Waals surface area contributed by atoms with Crippen LogP contribution in [-0.4, -0.2) is 42.0 Å². The average Bonchev–Trinajstić information content (AvgIpc) is 2.57. The molecule has 5 heteroatoms. The van der Waals surface area contributed by atoms with Crippen LogP contribution in [0.15, 0.2) is 0 Å². The number of hydrogen-bond acceptors (Lipinski definition) is 5. The second-order valence-corrected chi connectivity index (χ2v) is 4.65. The Morgan fingerprint density at radius 2 is 2.25 bits per heavy atom. The lowest BCUT2D eigenvalue weighted by Gasteiger charge is -2.20. The summed E-state index contributed by atoms with van der Waals surface area (Å²) < 4.78 is 10.7. The highest BCUT2D eigenvalue weighted by Gasteiger charge is 2.36. The molecule has 2 unspecified atom stereocenters. The Hall–Kier alpha value is -0.650. The molecule has 0 spiro atoms. The summed E-state index contributed by atoms with van der Waals surface area (Å²) in [5.41, 5.74) is 5.68. The van der Waals surface area contributed by atoms with Crippen LogP contribution in [-0.2, 0) is 14.3 Å². The Morgan fingerprint density at radius 1 is 1.62 bits per heavy atom. The van der Waals surface area contributed by atoms with Crippen molar-refractivity contribution in [3.05, 3.63) is 0 Å². The first kappa shape index (κ1) is 13.4. The molecular weight excluding hydrogens is 210 g/mol. The molecule has 1 heterocycles. The lowest BCUT2D eigenvalue weighted by Crippen LogP contribution is -2.41.